The quantitative estimate of drug-likeness (QED) is 0.0503. The van der Waals surface area contributed by atoms with Gasteiger partial charge >= 0.3 is 11.9 Å². The predicted molar refractivity (Wildman–Crippen MR) is 187 cm³/mol. The normalized spacial score (nSPS) is 10.6. The summed E-state index contributed by atoms with van der Waals surface area (Å²) in [6, 6.07) is 26.9. The number of unbranched alkanes of at least 4 members (excludes halogenated alkanes) is 4. The second kappa shape index (κ2) is 18.3. The van der Waals surface area contributed by atoms with Crippen LogP contribution in [0, 0.1) is 0 Å². The molecule has 10 heteroatoms. The minimum absolute atomic E-state index is 0.0176. The molecule has 0 aromatic heterocycles. The fourth-order valence-electron chi connectivity index (χ4n) is 4.84. The van der Waals surface area contributed by atoms with Crippen LogP contribution < -0.4 is 14.8 Å². The summed E-state index contributed by atoms with van der Waals surface area (Å²) >= 11 is 1.54. The number of esters is 1. The molecule has 0 saturated heterocycles. The van der Waals surface area contributed by atoms with Crippen molar-refractivity contribution in [1.82, 2.24) is 4.90 Å². The molecule has 0 unspecified atom stereocenters. The highest BCUT2D eigenvalue weighted by Crippen LogP contribution is 2.21. The van der Waals surface area contributed by atoms with Crippen LogP contribution in [0.1, 0.15) is 75.7 Å². The van der Waals surface area contributed by atoms with Crippen LogP contribution in [0.25, 0.3) is 0 Å². The van der Waals surface area contributed by atoms with Crippen LogP contribution >= 0.6 is 11.8 Å². The second-order valence-electron chi connectivity index (χ2n) is 11.1. The number of hydrogen-bond donors (Lipinski definition) is 2. The second-order valence-corrected chi connectivity index (χ2v) is 12.0. The number of carboxylic acid groups (broad SMARTS) is 1. The SMILES string of the molecule is CCCCCCCOc1ccc(C(=O)Oc2ccc(CN(CC(=O)O)C(=O)c3ccc(NC(=O)c4cccc(SC)c4)cc3)cc2)cc1. The number of aliphatic carboxylic acids is 1. The van der Waals surface area contributed by atoms with E-state index in [0.717, 1.165) is 17.7 Å². The Morgan fingerprint density at radius 2 is 1.44 bits per heavy atom. The first kappa shape index (κ1) is 35.8. The number of rotatable bonds is 17. The molecule has 9 nitrogen and oxygen atoms in total. The van der Waals surface area contributed by atoms with Crippen molar-refractivity contribution in [2.75, 3.05) is 24.7 Å². The predicted octanol–water partition coefficient (Wildman–Crippen LogP) is 7.96. The van der Waals surface area contributed by atoms with Crippen molar-refractivity contribution < 1.29 is 33.8 Å². The molecular weight excluding hydrogens is 628 g/mol. The van der Waals surface area contributed by atoms with Gasteiger partial charge in [0.2, 0.25) is 0 Å². The zero-order valence-corrected chi connectivity index (χ0v) is 28.0. The lowest BCUT2D eigenvalue weighted by Gasteiger charge is -2.21. The lowest BCUT2D eigenvalue weighted by molar-refractivity contribution is -0.137. The molecule has 0 saturated carbocycles. The molecule has 0 spiro atoms. The molecule has 0 aliphatic heterocycles. The standard InChI is InChI=1S/C38H40N2O7S/c1-3-4-5-6-7-23-46-32-21-15-29(16-22-32)38(45)47-33-19-11-27(12-20-33)25-40(26-35(41)42)37(44)28-13-17-31(18-14-28)39-36(43)30-9-8-10-34(24-30)48-2/h8-22,24H,3-7,23,25-26H2,1-2H3,(H,39,43)(H,41,42). The van der Waals surface area contributed by atoms with Gasteiger partial charge in [-0.1, -0.05) is 50.8 Å². The third-order valence-corrected chi connectivity index (χ3v) is 8.17. The van der Waals surface area contributed by atoms with Gasteiger partial charge in [0.1, 0.15) is 18.0 Å². The molecule has 0 aliphatic carbocycles. The Morgan fingerprint density at radius 3 is 2.10 bits per heavy atom. The van der Waals surface area contributed by atoms with Crippen molar-refractivity contribution in [3.8, 4) is 11.5 Å². The van der Waals surface area contributed by atoms with Gasteiger partial charge in [0.25, 0.3) is 11.8 Å². The molecule has 0 atom stereocenters. The first-order valence-electron chi connectivity index (χ1n) is 15.9. The zero-order valence-electron chi connectivity index (χ0n) is 27.1. The van der Waals surface area contributed by atoms with Gasteiger partial charge in [-0.25, -0.2) is 4.79 Å². The molecule has 0 bridgehead atoms. The number of carbonyl (C=O) groups is 4. The maximum absolute atomic E-state index is 13.3. The van der Waals surface area contributed by atoms with Crippen molar-refractivity contribution in [2.24, 2.45) is 0 Å². The van der Waals surface area contributed by atoms with E-state index in [0.29, 0.717) is 40.5 Å². The minimum Gasteiger partial charge on any atom is -0.494 e. The van der Waals surface area contributed by atoms with E-state index in [9.17, 15) is 24.3 Å². The number of nitrogens with zero attached hydrogens (tertiary/aromatic N) is 1. The summed E-state index contributed by atoms with van der Waals surface area (Å²) in [5, 5.41) is 12.3. The van der Waals surface area contributed by atoms with E-state index in [4.69, 9.17) is 9.47 Å². The summed E-state index contributed by atoms with van der Waals surface area (Å²) in [6.45, 7) is 2.32. The Labute approximate surface area is 285 Å². The Morgan fingerprint density at radius 1 is 0.771 bits per heavy atom. The zero-order chi connectivity index (χ0) is 34.3. The van der Waals surface area contributed by atoms with Crippen LogP contribution in [-0.2, 0) is 11.3 Å². The van der Waals surface area contributed by atoms with Gasteiger partial charge in [-0.2, -0.15) is 0 Å². The van der Waals surface area contributed by atoms with E-state index in [-0.39, 0.29) is 18.0 Å². The van der Waals surface area contributed by atoms with Gasteiger partial charge in [0, 0.05) is 28.3 Å². The van der Waals surface area contributed by atoms with Crippen molar-refractivity contribution >= 4 is 41.2 Å². The Balaban J connectivity index is 1.31. The topological polar surface area (TPSA) is 122 Å². The molecule has 0 radical (unpaired) electrons. The monoisotopic (exact) mass is 668 g/mol. The number of ether oxygens (including phenoxy) is 2. The van der Waals surface area contributed by atoms with Gasteiger partial charge in [-0.3, -0.25) is 14.4 Å². The molecule has 4 rings (SSSR count). The summed E-state index contributed by atoms with van der Waals surface area (Å²) in [5.41, 5.74) is 2.31. The maximum Gasteiger partial charge on any atom is 0.343 e. The molecular formula is C38H40N2O7S. The molecule has 4 aromatic rings. The highest BCUT2D eigenvalue weighted by Gasteiger charge is 2.20. The average molecular weight is 669 g/mol. The van der Waals surface area contributed by atoms with Crippen LogP contribution in [0.5, 0.6) is 11.5 Å². The summed E-state index contributed by atoms with van der Waals surface area (Å²) in [5.74, 6) is -1.44. The summed E-state index contributed by atoms with van der Waals surface area (Å²) in [6.07, 6.45) is 7.70. The molecule has 2 N–H and O–H groups in total. The largest absolute Gasteiger partial charge is 0.494 e. The first-order chi connectivity index (χ1) is 23.2. The Bertz CT molecular complexity index is 1670. The van der Waals surface area contributed by atoms with Gasteiger partial charge in [-0.05, 0) is 97.1 Å². The van der Waals surface area contributed by atoms with E-state index in [2.05, 4.69) is 12.2 Å². The molecule has 250 valence electrons. The number of carbonyl (C=O) groups excluding carboxylic acids is 3. The van der Waals surface area contributed by atoms with Gasteiger partial charge < -0.3 is 24.8 Å². The number of amides is 2. The van der Waals surface area contributed by atoms with Gasteiger partial charge in [-0.15, -0.1) is 11.8 Å². The van der Waals surface area contributed by atoms with Crippen molar-refractivity contribution in [2.45, 2.75) is 50.5 Å². The molecule has 2 amide bonds. The van der Waals surface area contributed by atoms with Crippen molar-refractivity contribution in [3.05, 3.63) is 119 Å². The minimum atomic E-state index is -1.16. The highest BCUT2D eigenvalue weighted by atomic mass is 32.2. The summed E-state index contributed by atoms with van der Waals surface area (Å²) in [7, 11) is 0. The summed E-state index contributed by atoms with van der Waals surface area (Å²) in [4.78, 5) is 52.5. The Kier molecular flexibility index (Phi) is 13.6. The molecule has 0 aliphatic rings. The van der Waals surface area contributed by atoms with Crippen LogP contribution in [0.15, 0.2) is 102 Å². The fourth-order valence-corrected chi connectivity index (χ4v) is 5.30. The number of anilines is 1. The molecule has 0 heterocycles. The maximum atomic E-state index is 13.3. The van der Waals surface area contributed by atoms with Gasteiger partial charge in [0.15, 0.2) is 0 Å². The number of carboxylic acids is 1. The molecule has 48 heavy (non-hydrogen) atoms. The van der Waals surface area contributed by atoms with E-state index in [1.807, 2.05) is 18.4 Å². The first-order valence-corrected chi connectivity index (χ1v) is 17.1. The van der Waals surface area contributed by atoms with Crippen LogP contribution in [0.3, 0.4) is 0 Å². The van der Waals surface area contributed by atoms with Crippen molar-refractivity contribution in [3.63, 3.8) is 0 Å². The number of benzene rings is 4. The van der Waals surface area contributed by atoms with E-state index < -0.39 is 24.4 Å². The lowest BCUT2D eigenvalue weighted by Crippen LogP contribution is -2.35. The third kappa shape index (κ3) is 11.0. The van der Waals surface area contributed by atoms with Gasteiger partial charge in [0.05, 0.1) is 12.2 Å². The van der Waals surface area contributed by atoms with Crippen LogP contribution in [0.2, 0.25) is 0 Å². The van der Waals surface area contributed by atoms with Crippen LogP contribution in [-0.4, -0.2) is 53.2 Å². The van der Waals surface area contributed by atoms with E-state index in [1.165, 1.54) is 35.9 Å². The highest BCUT2D eigenvalue weighted by molar-refractivity contribution is 7.98. The summed E-state index contributed by atoms with van der Waals surface area (Å²) < 4.78 is 11.3. The number of thioether (sulfide) groups is 1. The molecule has 4 aromatic carbocycles. The smallest absolute Gasteiger partial charge is 0.343 e. The third-order valence-electron chi connectivity index (χ3n) is 7.45. The average Bonchev–Trinajstić information content (AvgIpc) is 3.10. The molecule has 0 fully saturated rings. The van der Waals surface area contributed by atoms with E-state index in [1.54, 1.807) is 84.9 Å². The van der Waals surface area contributed by atoms with Crippen molar-refractivity contribution in [1.29, 1.82) is 0 Å². The number of nitrogens with one attached hydrogen (secondary N) is 1. The van der Waals surface area contributed by atoms with Crippen LogP contribution in [0.4, 0.5) is 5.69 Å². The fraction of sp³-hybridized carbons (Fsp3) is 0.263. The Hall–Kier alpha value is -5.09. The number of hydrogen-bond acceptors (Lipinski definition) is 7. The van der Waals surface area contributed by atoms with E-state index >= 15 is 0 Å². The lowest BCUT2D eigenvalue weighted by atomic mass is 10.1.